The number of aliphatic hydroxyl groups is 1. The van der Waals surface area contributed by atoms with Crippen LogP contribution in [0.15, 0.2) is 24.3 Å². The molecule has 0 spiro atoms. The molecular weight excluding hydrogens is 257 g/mol. The first kappa shape index (κ1) is 14.2. The lowest BCUT2D eigenvalue weighted by Gasteiger charge is -2.32. The number of ether oxygens (including phenoxy) is 1. The summed E-state index contributed by atoms with van der Waals surface area (Å²) < 4.78 is 43.5. The first-order valence-corrected chi connectivity index (χ1v) is 6.42. The highest BCUT2D eigenvalue weighted by atomic mass is 19.4. The van der Waals surface area contributed by atoms with Gasteiger partial charge in [-0.25, -0.2) is 0 Å². The molecule has 19 heavy (non-hydrogen) atoms. The monoisotopic (exact) mass is 274 g/mol. The molecule has 1 aliphatic carbocycles. The van der Waals surface area contributed by atoms with Gasteiger partial charge in [0.05, 0.1) is 11.2 Å². The molecule has 1 saturated carbocycles. The number of rotatable bonds is 3. The Morgan fingerprint density at radius 2 is 1.74 bits per heavy atom. The van der Waals surface area contributed by atoms with Gasteiger partial charge in [-0.05, 0) is 25.0 Å². The molecule has 1 aromatic carbocycles. The summed E-state index contributed by atoms with van der Waals surface area (Å²) in [6.45, 7) is -0.0832. The molecule has 2 nitrogen and oxygen atoms in total. The molecular formula is C14H17F3O2. The van der Waals surface area contributed by atoms with Crippen LogP contribution < -0.4 is 4.74 Å². The summed E-state index contributed by atoms with van der Waals surface area (Å²) in [5, 5.41) is 10.2. The van der Waals surface area contributed by atoms with Crippen molar-refractivity contribution in [2.45, 2.75) is 43.9 Å². The number of hydrogen-bond acceptors (Lipinski definition) is 2. The van der Waals surface area contributed by atoms with Gasteiger partial charge < -0.3 is 9.84 Å². The van der Waals surface area contributed by atoms with Gasteiger partial charge >= 0.3 is 6.18 Å². The van der Waals surface area contributed by atoms with Crippen molar-refractivity contribution in [1.82, 2.24) is 0 Å². The zero-order chi connectivity index (χ0) is 13.9. The third-order valence-corrected chi connectivity index (χ3v) is 3.47. The molecule has 5 heteroatoms. The maximum atomic E-state index is 12.8. The maximum absolute atomic E-state index is 12.8. The summed E-state index contributed by atoms with van der Waals surface area (Å²) in [6, 6.07) is 5.09. The Labute approximate surface area is 110 Å². The van der Waals surface area contributed by atoms with Crippen molar-refractivity contribution < 1.29 is 23.0 Å². The molecule has 2 rings (SSSR count). The topological polar surface area (TPSA) is 29.5 Å². The Morgan fingerprint density at radius 3 is 2.37 bits per heavy atom. The lowest BCUT2D eigenvalue weighted by molar-refractivity contribution is -0.139. The molecule has 1 N–H and O–H groups in total. The third kappa shape index (κ3) is 3.62. The normalized spacial score (nSPS) is 19.2. The second-order valence-electron chi connectivity index (χ2n) is 5.07. The summed E-state index contributed by atoms with van der Waals surface area (Å²) in [6.07, 6.45) is -0.433. The number of halogens is 3. The predicted octanol–water partition coefficient (Wildman–Crippen LogP) is 3.78. The smallest absolute Gasteiger partial charge is 0.419 e. The van der Waals surface area contributed by atoms with Gasteiger partial charge in [0.25, 0.3) is 0 Å². The van der Waals surface area contributed by atoms with Crippen LogP contribution in [0.25, 0.3) is 0 Å². The van der Waals surface area contributed by atoms with E-state index in [4.69, 9.17) is 4.74 Å². The first-order valence-electron chi connectivity index (χ1n) is 6.42. The van der Waals surface area contributed by atoms with Crippen LogP contribution >= 0.6 is 0 Å². The second-order valence-corrected chi connectivity index (χ2v) is 5.07. The van der Waals surface area contributed by atoms with Crippen LogP contribution in [0.3, 0.4) is 0 Å². The van der Waals surface area contributed by atoms with Crippen molar-refractivity contribution in [3.8, 4) is 5.75 Å². The molecule has 0 aliphatic heterocycles. The Morgan fingerprint density at radius 1 is 1.11 bits per heavy atom. The lowest BCUT2D eigenvalue weighted by atomic mass is 9.85. The van der Waals surface area contributed by atoms with Gasteiger partial charge in [0.15, 0.2) is 0 Å². The van der Waals surface area contributed by atoms with Crippen molar-refractivity contribution in [1.29, 1.82) is 0 Å². The van der Waals surface area contributed by atoms with Gasteiger partial charge in [-0.1, -0.05) is 31.4 Å². The molecule has 1 aliphatic rings. The minimum Gasteiger partial charge on any atom is -0.490 e. The molecule has 0 heterocycles. The molecule has 0 unspecified atom stereocenters. The van der Waals surface area contributed by atoms with Crippen molar-refractivity contribution >= 4 is 0 Å². The zero-order valence-electron chi connectivity index (χ0n) is 10.5. The van der Waals surface area contributed by atoms with Gasteiger partial charge in [-0.15, -0.1) is 0 Å². The van der Waals surface area contributed by atoms with E-state index in [1.807, 2.05) is 0 Å². The van der Waals surface area contributed by atoms with Crippen molar-refractivity contribution in [3.05, 3.63) is 29.8 Å². The van der Waals surface area contributed by atoms with Crippen LogP contribution in [0, 0.1) is 0 Å². The number of hydrogen-bond donors (Lipinski definition) is 1. The predicted molar refractivity (Wildman–Crippen MR) is 65.0 cm³/mol. The fourth-order valence-electron chi connectivity index (χ4n) is 2.39. The molecule has 0 radical (unpaired) electrons. The fourth-order valence-corrected chi connectivity index (χ4v) is 2.39. The summed E-state index contributed by atoms with van der Waals surface area (Å²) >= 11 is 0. The van der Waals surface area contributed by atoms with E-state index >= 15 is 0 Å². The Kier molecular flexibility index (Phi) is 4.04. The van der Waals surface area contributed by atoms with Crippen molar-refractivity contribution in [2.75, 3.05) is 6.61 Å². The molecule has 1 fully saturated rings. The summed E-state index contributed by atoms with van der Waals surface area (Å²) in [5.74, 6) is -0.214. The maximum Gasteiger partial charge on any atom is 0.419 e. The standard InChI is InChI=1S/C14H17F3O2/c15-14(16,17)11-6-2-3-7-12(11)19-10-13(18)8-4-1-5-9-13/h2-3,6-7,18H,1,4-5,8-10H2. The highest BCUT2D eigenvalue weighted by Crippen LogP contribution is 2.37. The Hall–Kier alpha value is -1.23. The van der Waals surface area contributed by atoms with Crippen LogP contribution in [0.5, 0.6) is 5.75 Å². The SMILES string of the molecule is OC1(COc2ccccc2C(F)(F)F)CCCCC1. The van der Waals surface area contributed by atoms with E-state index in [0.717, 1.165) is 25.3 Å². The van der Waals surface area contributed by atoms with Crippen LogP contribution in [0.2, 0.25) is 0 Å². The summed E-state index contributed by atoms with van der Waals surface area (Å²) in [4.78, 5) is 0. The van der Waals surface area contributed by atoms with Gasteiger partial charge in [0.1, 0.15) is 12.4 Å². The summed E-state index contributed by atoms with van der Waals surface area (Å²) in [7, 11) is 0. The molecule has 0 saturated heterocycles. The van der Waals surface area contributed by atoms with Crippen LogP contribution in [0.4, 0.5) is 13.2 Å². The van der Waals surface area contributed by atoms with Crippen LogP contribution in [-0.4, -0.2) is 17.3 Å². The van der Waals surface area contributed by atoms with Crippen LogP contribution in [0.1, 0.15) is 37.7 Å². The van der Waals surface area contributed by atoms with Crippen molar-refractivity contribution in [2.24, 2.45) is 0 Å². The molecule has 0 bridgehead atoms. The molecule has 1 aromatic rings. The quantitative estimate of drug-likeness (QED) is 0.909. The minimum absolute atomic E-state index is 0.0832. The number of alkyl halides is 3. The van der Waals surface area contributed by atoms with Crippen molar-refractivity contribution in [3.63, 3.8) is 0 Å². The molecule has 0 amide bonds. The van der Waals surface area contributed by atoms with E-state index in [1.165, 1.54) is 18.2 Å². The number of benzene rings is 1. The Balaban J connectivity index is 2.07. The van der Waals surface area contributed by atoms with E-state index in [2.05, 4.69) is 0 Å². The molecule has 106 valence electrons. The average Bonchev–Trinajstić information content (AvgIpc) is 2.37. The van der Waals surface area contributed by atoms with E-state index < -0.39 is 17.3 Å². The summed E-state index contributed by atoms with van der Waals surface area (Å²) in [5.41, 5.74) is -1.79. The zero-order valence-corrected chi connectivity index (χ0v) is 10.5. The van der Waals surface area contributed by atoms with E-state index in [1.54, 1.807) is 0 Å². The molecule has 0 atom stereocenters. The first-order chi connectivity index (χ1) is 8.91. The average molecular weight is 274 g/mol. The second kappa shape index (κ2) is 5.41. The minimum atomic E-state index is -4.44. The number of para-hydroxylation sites is 1. The van der Waals surface area contributed by atoms with E-state index in [-0.39, 0.29) is 12.4 Å². The Bertz CT molecular complexity index is 423. The van der Waals surface area contributed by atoms with Gasteiger partial charge in [-0.2, -0.15) is 13.2 Å². The third-order valence-electron chi connectivity index (χ3n) is 3.47. The fraction of sp³-hybridized carbons (Fsp3) is 0.571. The molecule has 0 aromatic heterocycles. The lowest BCUT2D eigenvalue weighted by Crippen LogP contribution is -2.38. The highest BCUT2D eigenvalue weighted by molar-refractivity contribution is 5.35. The van der Waals surface area contributed by atoms with Gasteiger partial charge in [0, 0.05) is 0 Å². The van der Waals surface area contributed by atoms with Crippen LogP contribution in [-0.2, 0) is 6.18 Å². The largest absolute Gasteiger partial charge is 0.490 e. The van der Waals surface area contributed by atoms with E-state index in [9.17, 15) is 18.3 Å². The van der Waals surface area contributed by atoms with Gasteiger partial charge in [-0.3, -0.25) is 0 Å². The highest BCUT2D eigenvalue weighted by Gasteiger charge is 2.35. The van der Waals surface area contributed by atoms with E-state index in [0.29, 0.717) is 12.8 Å². The van der Waals surface area contributed by atoms with Gasteiger partial charge in [0.2, 0.25) is 0 Å².